The quantitative estimate of drug-likeness (QED) is 0.140. The summed E-state index contributed by atoms with van der Waals surface area (Å²) in [5.74, 6) is 2.84. The Labute approximate surface area is 211 Å². The molecule has 4 saturated carbocycles. The number of aromatic nitrogens is 3. The van der Waals surface area contributed by atoms with Crippen molar-refractivity contribution in [1.82, 2.24) is 9.38 Å². The number of hydrogen-bond donors (Lipinski definition) is 0. The molecule has 10 rings (SSSR count). The molecule has 2 aromatic carbocycles. The highest BCUT2D eigenvalue weighted by Gasteiger charge is 2.51. The number of hydrogen-bond acceptors (Lipinski definition) is 1. The molecular formula is C33H32N3+. The van der Waals surface area contributed by atoms with Crippen molar-refractivity contribution in [1.29, 1.82) is 0 Å². The van der Waals surface area contributed by atoms with Gasteiger partial charge in [-0.3, -0.25) is 4.98 Å². The van der Waals surface area contributed by atoms with Crippen molar-refractivity contribution in [2.75, 3.05) is 0 Å². The van der Waals surface area contributed by atoms with Crippen molar-refractivity contribution in [3.8, 4) is 0 Å². The van der Waals surface area contributed by atoms with E-state index in [0.29, 0.717) is 5.41 Å². The van der Waals surface area contributed by atoms with Crippen LogP contribution in [0.5, 0.6) is 0 Å². The maximum Gasteiger partial charge on any atom is 0.224 e. The van der Waals surface area contributed by atoms with Crippen molar-refractivity contribution in [3.05, 3.63) is 65.6 Å². The Hall–Kier alpha value is -3.20. The fourth-order valence-electron chi connectivity index (χ4n) is 9.52. The summed E-state index contributed by atoms with van der Waals surface area (Å²) in [6.45, 7) is 4.56. The second-order valence-electron chi connectivity index (χ2n) is 12.8. The summed E-state index contributed by atoms with van der Waals surface area (Å²) >= 11 is 0. The molecule has 36 heavy (non-hydrogen) atoms. The van der Waals surface area contributed by atoms with Crippen molar-refractivity contribution in [3.63, 3.8) is 0 Å². The van der Waals surface area contributed by atoms with Gasteiger partial charge in [0.25, 0.3) is 0 Å². The topological polar surface area (TPSA) is 21.2 Å². The van der Waals surface area contributed by atoms with E-state index in [9.17, 15) is 0 Å². The first-order valence-corrected chi connectivity index (χ1v) is 13.9. The summed E-state index contributed by atoms with van der Waals surface area (Å²) in [4.78, 5) is 4.55. The van der Waals surface area contributed by atoms with Crippen LogP contribution in [0, 0.1) is 31.6 Å². The second-order valence-corrected chi connectivity index (χ2v) is 12.8. The molecule has 4 heterocycles. The number of nitrogens with zero attached hydrogens (tertiary/aromatic N) is 3. The Balaban J connectivity index is 1.51. The van der Waals surface area contributed by atoms with Crippen LogP contribution in [0.25, 0.3) is 49.0 Å². The standard InChI is InChI=1S/C33H32N3/c1-18-8-25-26-17-34-6-4-27(26)36-28-13-24(33-14-20-9-21(15-33)11-22(10-20)16-33)12-23-5-7-35(3)32(30(23)28)29(19(18)2)31(25)36/h4-8,12-13,17,20-22H,9-11,14-16H2,1-3H3/q+1. The van der Waals surface area contributed by atoms with Crippen LogP contribution in [-0.2, 0) is 12.5 Å². The molecule has 0 atom stereocenters. The lowest BCUT2D eigenvalue weighted by Gasteiger charge is -2.57. The number of benzene rings is 2. The fraction of sp³-hybridized carbons (Fsp3) is 0.394. The molecule has 0 amide bonds. The van der Waals surface area contributed by atoms with Crippen molar-refractivity contribution >= 4 is 49.0 Å². The molecule has 178 valence electrons. The van der Waals surface area contributed by atoms with E-state index in [-0.39, 0.29) is 0 Å². The highest BCUT2D eigenvalue weighted by atomic mass is 15.0. The van der Waals surface area contributed by atoms with E-state index in [4.69, 9.17) is 0 Å². The van der Waals surface area contributed by atoms with Gasteiger partial charge in [0.05, 0.1) is 27.3 Å². The van der Waals surface area contributed by atoms with Gasteiger partial charge < -0.3 is 4.40 Å². The summed E-state index contributed by atoms with van der Waals surface area (Å²) < 4.78 is 4.95. The van der Waals surface area contributed by atoms with Crippen molar-refractivity contribution < 1.29 is 4.57 Å². The van der Waals surface area contributed by atoms with E-state index >= 15 is 0 Å². The third-order valence-electron chi connectivity index (χ3n) is 10.7. The molecule has 0 aliphatic heterocycles. The minimum absolute atomic E-state index is 0.380. The molecule has 0 saturated heterocycles. The van der Waals surface area contributed by atoms with Crippen LogP contribution >= 0.6 is 0 Å². The molecule has 3 nitrogen and oxygen atoms in total. The summed E-state index contributed by atoms with van der Waals surface area (Å²) in [7, 11) is 2.22. The van der Waals surface area contributed by atoms with Gasteiger partial charge in [-0.25, -0.2) is 4.57 Å². The molecule has 4 aromatic heterocycles. The van der Waals surface area contributed by atoms with Crippen LogP contribution in [0.4, 0.5) is 0 Å². The van der Waals surface area contributed by atoms with E-state index < -0.39 is 0 Å². The van der Waals surface area contributed by atoms with Crippen molar-refractivity contribution in [2.24, 2.45) is 24.8 Å². The van der Waals surface area contributed by atoms with E-state index in [2.05, 4.69) is 77.6 Å². The average molecular weight is 471 g/mol. The zero-order valence-corrected chi connectivity index (χ0v) is 21.4. The highest BCUT2D eigenvalue weighted by Crippen LogP contribution is 2.61. The van der Waals surface area contributed by atoms with Crippen LogP contribution in [0.2, 0.25) is 0 Å². The smallest absolute Gasteiger partial charge is 0.224 e. The van der Waals surface area contributed by atoms with Gasteiger partial charge in [0.15, 0.2) is 6.20 Å². The summed E-state index contributed by atoms with van der Waals surface area (Å²) in [5, 5.41) is 6.80. The zero-order chi connectivity index (χ0) is 23.9. The molecule has 4 aliphatic carbocycles. The van der Waals surface area contributed by atoms with Crippen LogP contribution in [0.3, 0.4) is 0 Å². The fourth-order valence-corrected chi connectivity index (χ4v) is 9.52. The molecule has 0 radical (unpaired) electrons. The third-order valence-corrected chi connectivity index (χ3v) is 10.7. The Morgan fingerprint density at radius 1 is 0.889 bits per heavy atom. The Morgan fingerprint density at radius 3 is 2.39 bits per heavy atom. The maximum absolute atomic E-state index is 4.55. The first-order valence-electron chi connectivity index (χ1n) is 13.9. The van der Waals surface area contributed by atoms with Crippen LogP contribution < -0.4 is 4.57 Å². The zero-order valence-electron chi connectivity index (χ0n) is 21.4. The van der Waals surface area contributed by atoms with Gasteiger partial charge >= 0.3 is 0 Å². The monoisotopic (exact) mass is 470 g/mol. The third kappa shape index (κ3) is 2.27. The molecule has 0 spiro atoms. The SMILES string of the molecule is Cc1cc2c3cnccc3n3c4cc(C56CC7CC(CC(C7)C5)C6)cc5cc[n+](C)c(c(c1C)c23)c54. The first kappa shape index (κ1) is 19.9. The van der Waals surface area contributed by atoms with E-state index in [1.54, 1.807) is 5.56 Å². The minimum atomic E-state index is 0.380. The largest absolute Gasteiger partial charge is 0.307 e. The normalized spacial score (nSPS) is 27.6. The van der Waals surface area contributed by atoms with E-state index in [1.807, 2.05) is 6.20 Å². The molecule has 0 N–H and O–H groups in total. The molecule has 4 bridgehead atoms. The van der Waals surface area contributed by atoms with Gasteiger partial charge in [-0.15, -0.1) is 0 Å². The lowest BCUT2D eigenvalue weighted by Crippen LogP contribution is -2.48. The molecule has 4 aliphatic rings. The predicted octanol–water partition coefficient (Wildman–Crippen LogP) is 7.29. The number of aryl methyl sites for hydroxylation is 3. The molecular weight excluding hydrogens is 438 g/mol. The Bertz CT molecular complexity index is 1870. The van der Waals surface area contributed by atoms with Gasteiger partial charge in [0.1, 0.15) is 7.05 Å². The summed E-state index contributed by atoms with van der Waals surface area (Å²) in [6.07, 6.45) is 15.0. The first-order chi connectivity index (χ1) is 17.5. The molecule has 0 unspecified atom stereocenters. The molecule has 4 fully saturated rings. The average Bonchev–Trinajstić information content (AvgIpc) is 3.19. The summed E-state index contributed by atoms with van der Waals surface area (Å²) in [6, 6.07) is 12.2. The highest BCUT2D eigenvalue weighted by molar-refractivity contribution is 6.26. The lowest BCUT2D eigenvalue weighted by molar-refractivity contribution is -0.643. The maximum atomic E-state index is 4.55. The van der Waals surface area contributed by atoms with Gasteiger partial charge in [0.2, 0.25) is 5.52 Å². The summed E-state index contributed by atoms with van der Waals surface area (Å²) in [5.41, 5.74) is 10.1. The number of fused-ring (bicyclic) bond motifs is 5. The molecule has 6 aromatic rings. The minimum Gasteiger partial charge on any atom is -0.307 e. The predicted molar refractivity (Wildman–Crippen MR) is 147 cm³/mol. The van der Waals surface area contributed by atoms with Crippen LogP contribution in [0.1, 0.15) is 55.2 Å². The van der Waals surface area contributed by atoms with Gasteiger partial charge in [0, 0.05) is 29.2 Å². The van der Waals surface area contributed by atoms with Crippen LogP contribution in [0.15, 0.2) is 48.9 Å². The van der Waals surface area contributed by atoms with Crippen molar-refractivity contribution in [2.45, 2.75) is 57.8 Å². The molecule has 3 heteroatoms. The lowest BCUT2D eigenvalue weighted by atomic mass is 9.48. The second kappa shape index (κ2) is 6.37. The van der Waals surface area contributed by atoms with Gasteiger partial charge in [-0.1, -0.05) is 0 Å². The number of pyridine rings is 3. The van der Waals surface area contributed by atoms with Gasteiger partial charge in [-0.2, -0.15) is 0 Å². The van der Waals surface area contributed by atoms with E-state index in [0.717, 1.165) is 17.8 Å². The van der Waals surface area contributed by atoms with Crippen LogP contribution in [-0.4, -0.2) is 9.38 Å². The Morgan fingerprint density at radius 2 is 1.64 bits per heavy atom. The van der Waals surface area contributed by atoms with E-state index in [1.165, 1.54) is 98.6 Å². The number of rotatable bonds is 1. The van der Waals surface area contributed by atoms with Gasteiger partial charge in [-0.05, 0) is 122 Å². The Kier molecular flexibility index (Phi) is 3.53.